The van der Waals surface area contributed by atoms with Crippen LogP contribution in [0.25, 0.3) is 0 Å². The number of carbonyl (C=O) groups is 1. The number of amides is 1. The number of likely N-dealkylation sites (N-methyl/N-ethyl adjacent to an activating group) is 1. The Morgan fingerprint density at radius 3 is 2.52 bits per heavy atom. The summed E-state index contributed by atoms with van der Waals surface area (Å²) in [5.74, 6) is 0.823. The van der Waals surface area contributed by atoms with E-state index in [4.69, 9.17) is 4.74 Å². The molecule has 1 atom stereocenters. The zero-order valence-corrected chi connectivity index (χ0v) is 13.0. The van der Waals surface area contributed by atoms with Crippen molar-refractivity contribution in [2.45, 2.75) is 51.2 Å². The topological polar surface area (TPSA) is 50.4 Å². The van der Waals surface area contributed by atoms with E-state index in [1.807, 2.05) is 38.2 Å². The number of ether oxygens (including phenoxy) is 1. The van der Waals surface area contributed by atoms with Crippen LogP contribution in [0.3, 0.4) is 0 Å². The van der Waals surface area contributed by atoms with Crippen LogP contribution in [-0.4, -0.2) is 31.6 Å². The second-order valence-electron chi connectivity index (χ2n) is 5.80. The first-order valence-corrected chi connectivity index (χ1v) is 7.91. The van der Waals surface area contributed by atoms with Gasteiger partial charge in [-0.2, -0.15) is 0 Å². The van der Waals surface area contributed by atoms with Gasteiger partial charge in [-0.1, -0.05) is 6.42 Å². The molecule has 0 saturated heterocycles. The van der Waals surface area contributed by atoms with E-state index in [2.05, 4.69) is 10.6 Å². The van der Waals surface area contributed by atoms with Gasteiger partial charge >= 0.3 is 0 Å². The van der Waals surface area contributed by atoms with Crippen molar-refractivity contribution in [3.05, 3.63) is 29.8 Å². The average Bonchev–Trinajstić information content (AvgIpc) is 2.54. The Morgan fingerprint density at radius 2 is 1.90 bits per heavy atom. The maximum absolute atomic E-state index is 12.0. The van der Waals surface area contributed by atoms with Crippen LogP contribution in [-0.2, 0) is 0 Å². The van der Waals surface area contributed by atoms with Crippen LogP contribution in [0, 0.1) is 0 Å². The number of hydrogen-bond donors (Lipinski definition) is 2. The van der Waals surface area contributed by atoms with Gasteiger partial charge in [-0.3, -0.25) is 4.79 Å². The predicted molar refractivity (Wildman–Crippen MR) is 84.8 cm³/mol. The molecule has 2 N–H and O–H groups in total. The van der Waals surface area contributed by atoms with Gasteiger partial charge in [0.05, 0.1) is 6.10 Å². The Labute approximate surface area is 127 Å². The average molecular weight is 290 g/mol. The molecule has 0 heterocycles. The SMILES string of the molecule is CNC(C)CNC(=O)c1ccc(OC2CCCCC2)cc1. The van der Waals surface area contributed by atoms with E-state index in [0.29, 0.717) is 18.2 Å². The quantitative estimate of drug-likeness (QED) is 0.847. The van der Waals surface area contributed by atoms with Crippen LogP contribution in [0.5, 0.6) is 5.75 Å². The van der Waals surface area contributed by atoms with Crippen LogP contribution in [0.1, 0.15) is 49.4 Å². The second kappa shape index (κ2) is 8.03. The fourth-order valence-electron chi connectivity index (χ4n) is 2.51. The van der Waals surface area contributed by atoms with E-state index in [9.17, 15) is 4.79 Å². The summed E-state index contributed by atoms with van der Waals surface area (Å²) in [6.07, 6.45) is 6.47. The van der Waals surface area contributed by atoms with Gasteiger partial charge in [0, 0.05) is 18.2 Å². The minimum absolute atomic E-state index is 0.0404. The minimum Gasteiger partial charge on any atom is -0.490 e. The molecule has 1 aliphatic carbocycles. The lowest BCUT2D eigenvalue weighted by molar-refractivity contribution is 0.0950. The van der Waals surface area contributed by atoms with Gasteiger partial charge < -0.3 is 15.4 Å². The first kappa shape index (κ1) is 15.8. The molecule has 0 radical (unpaired) electrons. The Hall–Kier alpha value is -1.55. The lowest BCUT2D eigenvalue weighted by atomic mass is 9.98. The molecule has 1 aromatic rings. The van der Waals surface area contributed by atoms with Gasteiger partial charge in [0.2, 0.25) is 0 Å². The minimum atomic E-state index is -0.0404. The highest BCUT2D eigenvalue weighted by Crippen LogP contribution is 2.23. The summed E-state index contributed by atoms with van der Waals surface area (Å²) in [4.78, 5) is 12.0. The van der Waals surface area contributed by atoms with Gasteiger partial charge in [-0.25, -0.2) is 0 Å². The normalized spacial score (nSPS) is 17.2. The first-order chi connectivity index (χ1) is 10.2. The zero-order valence-electron chi connectivity index (χ0n) is 13.0. The molecule has 1 amide bonds. The molecule has 1 saturated carbocycles. The van der Waals surface area contributed by atoms with Crippen molar-refractivity contribution in [2.24, 2.45) is 0 Å². The summed E-state index contributed by atoms with van der Waals surface area (Å²) < 4.78 is 5.96. The molecule has 4 heteroatoms. The smallest absolute Gasteiger partial charge is 0.251 e. The molecule has 0 aliphatic heterocycles. The highest BCUT2D eigenvalue weighted by molar-refractivity contribution is 5.94. The third-order valence-electron chi connectivity index (χ3n) is 4.03. The summed E-state index contributed by atoms with van der Waals surface area (Å²) >= 11 is 0. The first-order valence-electron chi connectivity index (χ1n) is 7.91. The zero-order chi connectivity index (χ0) is 15.1. The molecule has 1 aliphatic rings. The van der Waals surface area contributed by atoms with Crippen LogP contribution < -0.4 is 15.4 Å². The molecule has 1 fully saturated rings. The largest absolute Gasteiger partial charge is 0.490 e. The molecule has 116 valence electrons. The Morgan fingerprint density at radius 1 is 1.24 bits per heavy atom. The van der Waals surface area contributed by atoms with Crippen molar-refractivity contribution in [2.75, 3.05) is 13.6 Å². The molecule has 1 unspecified atom stereocenters. The van der Waals surface area contributed by atoms with E-state index in [1.54, 1.807) is 0 Å². The molecule has 0 bridgehead atoms. The van der Waals surface area contributed by atoms with Crippen molar-refractivity contribution in [3.8, 4) is 5.75 Å². The second-order valence-corrected chi connectivity index (χ2v) is 5.80. The van der Waals surface area contributed by atoms with Crippen molar-refractivity contribution >= 4 is 5.91 Å². The van der Waals surface area contributed by atoms with E-state index in [1.165, 1.54) is 19.3 Å². The summed E-state index contributed by atoms with van der Waals surface area (Å²) in [6, 6.07) is 7.72. The monoisotopic (exact) mass is 290 g/mol. The molecular formula is C17H26N2O2. The summed E-state index contributed by atoms with van der Waals surface area (Å²) in [5, 5.41) is 6.00. The Balaban J connectivity index is 1.84. The highest BCUT2D eigenvalue weighted by Gasteiger charge is 2.15. The molecular weight excluding hydrogens is 264 g/mol. The van der Waals surface area contributed by atoms with Crippen LogP contribution >= 0.6 is 0 Å². The van der Waals surface area contributed by atoms with E-state index in [-0.39, 0.29) is 11.9 Å². The van der Waals surface area contributed by atoms with Crippen LogP contribution in [0.4, 0.5) is 0 Å². The standard InChI is InChI=1S/C17H26N2O2/c1-13(18-2)12-19-17(20)14-8-10-16(11-9-14)21-15-6-4-3-5-7-15/h8-11,13,15,18H,3-7,12H2,1-2H3,(H,19,20). The number of hydrogen-bond acceptors (Lipinski definition) is 3. The van der Waals surface area contributed by atoms with Crippen molar-refractivity contribution < 1.29 is 9.53 Å². The third-order valence-corrected chi connectivity index (χ3v) is 4.03. The maximum atomic E-state index is 12.0. The van der Waals surface area contributed by atoms with E-state index < -0.39 is 0 Å². The number of benzene rings is 1. The van der Waals surface area contributed by atoms with Gasteiger partial charge in [0.15, 0.2) is 0 Å². The molecule has 4 nitrogen and oxygen atoms in total. The molecule has 0 spiro atoms. The summed E-state index contributed by atoms with van der Waals surface area (Å²) in [5.41, 5.74) is 0.675. The Kier molecular flexibility index (Phi) is 6.05. The van der Waals surface area contributed by atoms with E-state index in [0.717, 1.165) is 18.6 Å². The predicted octanol–water partition coefficient (Wildman–Crippen LogP) is 2.74. The molecule has 2 rings (SSSR count). The lowest BCUT2D eigenvalue weighted by Gasteiger charge is -2.23. The van der Waals surface area contributed by atoms with E-state index >= 15 is 0 Å². The number of nitrogens with one attached hydrogen (secondary N) is 2. The van der Waals surface area contributed by atoms with Gasteiger partial charge in [-0.05, 0) is 63.9 Å². The molecule has 0 aromatic heterocycles. The van der Waals surface area contributed by atoms with Crippen molar-refractivity contribution in [3.63, 3.8) is 0 Å². The van der Waals surface area contributed by atoms with Crippen molar-refractivity contribution in [1.82, 2.24) is 10.6 Å². The number of carbonyl (C=O) groups excluding carboxylic acids is 1. The van der Waals surface area contributed by atoms with Gasteiger partial charge in [0.25, 0.3) is 5.91 Å². The highest BCUT2D eigenvalue weighted by atomic mass is 16.5. The Bertz CT molecular complexity index is 439. The lowest BCUT2D eigenvalue weighted by Crippen LogP contribution is -2.37. The van der Waals surface area contributed by atoms with Gasteiger partial charge in [-0.15, -0.1) is 0 Å². The summed E-state index contributed by atoms with van der Waals surface area (Å²) in [7, 11) is 1.88. The fraction of sp³-hybridized carbons (Fsp3) is 0.588. The molecule has 21 heavy (non-hydrogen) atoms. The molecule has 1 aromatic carbocycles. The van der Waals surface area contributed by atoms with Crippen molar-refractivity contribution in [1.29, 1.82) is 0 Å². The third kappa shape index (κ3) is 5.05. The number of rotatable bonds is 6. The van der Waals surface area contributed by atoms with Gasteiger partial charge in [0.1, 0.15) is 5.75 Å². The van der Waals surface area contributed by atoms with Crippen LogP contribution in [0.15, 0.2) is 24.3 Å². The van der Waals surface area contributed by atoms with Crippen LogP contribution in [0.2, 0.25) is 0 Å². The summed E-state index contributed by atoms with van der Waals surface area (Å²) in [6.45, 7) is 2.65. The fourth-order valence-corrected chi connectivity index (χ4v) is 2.51. The maximum Gasteiger partial charge on any atom is 0.251 e.